The van der Waals surface area contributed by atoms with Gasteiger partial charge in [0.25, 0.3) is 0 Å². The largest absolute Gasteiger partial charge is 0.351 e. The predicted molar refractivity (Wildman–Crippen MR) is 97.5 cm³/mol. The highest BCUT2D eigenvalue weighted by Gasteiger charge is 2.35. The maximum absolute atomic E-state index is 11.1. The summed E-state index contributed by atoms with van der Waals surface area (Å²) in [6.07, 6.45) is 18.2. The number of amides is 1. The number of hydrogen-bond donors (Lipinski definition) is 2. The lowest BCUT2D eigenvalue weighted by molar-refractivity contribution is -0.898. The van der Waals surface area contributed by atoms with Crippen molar-refractivity contribution in [3.05, 3.63) is 24.6 Å². The average molecular weight is 323 g/mol. The molecule has 1 aliphatic rings. The van der Waals surface area contributed by atoms with E-state index in [0.717, 1.165) is 37.0 Å². The first-order chi connectivity index (χ1) is 11.1. The van der Waals surface area contributed by atoms with Crippen LogP contribution in [0.5, 0.6) is 0 Å². The van der Waals surface area contributed by atoms with Gasteiger partial charge in [-0.25, -0.2) is 0 Å². The Bertz CT molecular complexity index is 392. The maximum atomic E-state index is 11.1. The van der Waals surface area contributed by atoms with E-state index in [0.29, 0.717) is 6.17 Å². The Labute approximate surface area is 142 Å². The third-order valence-corrected chi connectivity index (χ3v) is 4.77. The van der Waals surface area contributed by atoms with E-state index < -0.39 is 0 Å². The van der Waals surface area contributed by atoms with Crippen LogP contribution in [0.2, 0.25) is 0 Å². The Kier molecular flexibility index (Phi) is 9.69. The summed E-state index contributed by atoms with van der Waals surface area (Å²) >= 11 is 0. The van der Waals surface area contributed by atoms with Crippen LogP contribution in [0.25, 0.3) is 0 Å². The third kappa shape index (κ3) is 7.21. The van der Waals surface area contributed by atoms with Crippen LogP contribution in [-0.4, -0.2) is 36.2 Å². The monoisotopic (exact) mass is 322 g/mol. The normalized spacial score (nSPS) is 23.3. The fraction of sp³-hybridized carbons (Fsp3) is 0.737. The zero-order chi connectivity index (χ0) is 17.0. The van der Waals surface area contributed by atoms with Crippen LogP contribution in [0, 0.1) is 0 Å². The first-order valence-corrected chi connectivity index (χ1v) is 9.34. The number of nitrogens with one attached hydrogen (secondary N) is 2. The van der Waals surface area contributed by atoms with Crippen molar-refractivity contribution in [3.63, 3.8) is 0 Å². The van der Waals surface area contributed by atoms with Gasteiger partial charge in [0.2, 0.25) is 5.91 Å². The van der Waals surface area contributed by atoms with E-state index in [4.69, 9.17) is 0 Å². The molecule has 132 valence electrons. The molecule has 0 aliphatic carbocycles. The number of nitrogens with zero attached hydrogens (tertiary/aromatic N) is 1. The minimum absolute atomic E-state index is 0.0537. The van der Waals surface area contributed by atoms with Crippen molar-refractivity contribution >= 4 is 5.91 Å². The molecule has 2 N–H and O–H groups in total. The molecule has 0 aromatic rings. The molecule has 0 aromatic heterocycles. The molecule has 1 aliphatic heterocycles. The molecule has 0 aromatic carbocycles. The van der Waals surface area contributed by atoms with Gasteiger partial charge in [0.05, 0.1) is 19.3 Å². The molecule has 0 saturated heterocycles. The summed E-state index contributed by atoms with van der Waals surface area (Å²) in [5.74, 6) is 0.0537. The third-order valence-electron chi connectivity index (χ3n) is 4.77. The summed E-state index contributed by atoms with van der Waals surface area (Å²) in [7, 11) is 0. The van der Waals surface area contributed by atoms with E-state index in [-0.39, 0.29) is 5.91 Å². The molecule has 2 unspecified atom stereocenters. The van der Waals surface area contributed by atoms with E-state index in [1.807, 2.05) is 0 Å². The van der Waals surface area contributed by atoms with Gasteiger partial charge in [0.1, 0.15) is 12.7 Å². The Morgan fingerprint density at radius 1 is 1.22 bits per heavy atom. The summed E-state index contributed by atoms with van der Waals surface area (Å²) in [5, 5.41) is 6.42. The fourth-order valence-corrected chi connectivity index (χ4v) is 3.23. The number of carbonyl (C=O) groups is 1. The molecule has 1 heterocycles. The molecule has 1 rings (SSSR count). The topological polar surface area (TPSA) is 41.1 Å². The van der Waals surface area contributed by atoms with Crippen molar-refractivity contribution in [2.24, 2.45) is 0 Å². The second kappa shape index (κ2) is 11.3. The van der Waals surface area contributed by atoms with Crippen LogP contribution >= 0.6 is 0 Å². The smallest absolute Gasteiger partial charge is 0.217 e. The van der Waals surface area contributed by atoms with Crippen molar-refractivity contribution in [1.82, 2.24) is 10.6 Å². The van der Waals surface area contributed by atoms with Gasteiger partial charge >= 0.3 is 0 Å². The van der Waals surface area contributed by atoms with E-state index in [1.165, 1.54) is 32.1 Å². The number of rotatable bonds is 12. The number of carbonyl (C=O) groups excluding carboxylic acids is 1. The summed E-state index contributed by atoms with van der Waals surface area (Å²) in [6, 6.07) is 0. The molecule has 0 saturated carbocycles. The first-order valence-electron chi connectivity index (χ1n) is 9.34. The first kappa shape index (κ1) is 19.8. The molecule has 0 fully saturated rings. The molecule has 0 radical (unpaired) electrons. The lowest BCUT2D eigenvalue weighted by Crippen LogP contribution is -2.55. The quantitative estimate of drug-likeness (QED) is 0.327. The van der Waals surface area contributed by atoms with Crippen LogP contribution in [0.1, 0.15) is 65.7 Å². The lowest BCUT2D eigenvalue weighted by atomic mass is 10.1. The highest BCUT2D eigenvalue weighted by atomic mass is 16.1. The molecule has 0 spiro atoms. The maximum Gasteiger partial charge on any atom is 0.217 e. The molecule has 2 atom stereocenters. The predicted octanol–water partition coefficient (Wildman–Crippen LogP) is 3.67. The van der Waals surface area contributed by atoms with Crippen molar-refractivity contribution in [3.8, 4) is 0 Å². The van der Waals surface area contributed by atoms with E-state index in [2.05, 4.69) is 49.0 Å². The molecular formula is C19H36N3O+. The van der Waals surface area contributed by atoms with E-state index in [1.54, 1.807) is 6.92 Å². The van der Waals surface area contributed by atoms with E-state index in [9.17, 15) is 4.79 Å². The summed E-state index contributed by atoms with van der Waals surface area (Å²) in [4.78, 5) is 11.1. The SMILES string of the molecule is CCCCCC/C=C/CCC1NC=C[N+]1(CC)CCNC(C)=O. The van der Waals surface area contributed by atoms with Gasteiger partial charge in [0.15, 0.2) is 6.17 Å². The minimum Gasteiger partial charge on any atom is -0.351 e. The number of unbranched alkanes of at least 4 members (excludes halogenated alkanes) is 4. The molecule has 0 bridgehead atoms. The molecule has 23 heavy (non-hydrogen) atoms. The van der Waals surface area contributed by atoms with Gasteiger partial charge in [-0.15, -0.1) is 0 Å². The standard InChI is InChI=1S/C19H35N3O/c1-4-6-7-8-9-10-11-12-13-19-21-15-17-22(19,5-2)16-14-20-18(3)23/h10-11,15,17,19,21H,4-9,12-14,16H2,1-3H3/p+1/b11-10+. The van der Waals surface area contributed by atoms with Gasteiger partial charge in [0, 0.05) is 13.3 Å². The van der Waals surface area contributed by atoms with Crippen LogP contribution in [-0.2, 0) is 4.79 Å². The summed E-state index contributed by atoms with van der Waals surface area (Å²) in [5.41, 5.74) is 0. The van der Waals surface area contributed by atoms with Gasteiger partial charge in [-0.1, -0.05) is 38.3 Å². The zero-order valence-electron chi connectivity index (χ0n) is 15.3. The number of likely N-dealkylation sites (N-methyl/N-ethyl adjacent to an activating group) is 1. The summed E-state index contributed by atoms with van der Waals surface area (Å²) < 4.78 is 0.921. The van der Waals surface area contributed by atoms with Crippen LogP contribution in [0.15, 0.2) is 24.6 Å². The molecule has 1 amide bonds. The summed E-state index contributed by atoms with van der Waals surface area (Å²) in [6.45, 7) is 8.79. The number of quaternary nitrogens is 1. The highest BCUT2D eigenvalue weighted by Crippen LogP contribution is 2.21. The van der Waals surface area contributed by atoms with Crippen molar-refractivity contribution in [2.45, 2.75) is 71.9 Å². The van der Waals surface area contributed by atoms with Gasteiger partial charge in [-0.3, -0.25) is 9.28 Å². The van der Waals surface area contributed by atoms with Crippen molar-refractivity contribution in [1.29, 1.82) is 0 Å². The van der Waals surface area contributed by atoms with Gasteiger partial charge in [-0.05, 0) is 26.2 Å². The Hall–Kier alpha value is -1.29. The second-order valence-electron chi connectivity index (χ2n) is 6.52. The number of hydrogen-bond acceptors (Lipinski definition) is 2. The van der Waals surface area contributed by atoms with E-state index >= 15 is 0 Å². The van der Waals surface area contributed by atoms with Crippen LogP contribution in [0.4, 0.5) is 0 Å². The fourth-order valence-electron chi connectivity index (χ4n) is 3.23. The van der Waals surface area contributed by atoms with Crippen LogP contribution < -0.4 is 10.6 Å². The molecule has 4 nitrogen and oxygen atoms in total. The van der Waals surface area contributed by atoms with Crippen molar-refractivity contribution < 1.29 is 9.28 Å². The Morgan fingerprint density at radius 3 is 2.70 bits per heavy atom. The highest BCUT2D eigenvalue weighted by molar-refractivity contribution is 5.72. The van der Waals surface area contributed by atoms with Gasteiger partial charge < -0.3 is 10.6 Å². The lowest BCUT2D eigenvalue weighted by Gasteiger charge is -2.37. The molecule has 4 heteroatoms. The average Bonchev–Trinajstić information content (AvgIpc) is 2.93. The number of allylic oxidation sites excluding steroid dienone is 2. The Balaban J connectivity index is 2.30. The van der Waals surface area contributed by atoms with Crippen LogP contribution in [0.3, 0.4) is 0 Å². The second-order valence-corrected chi connectivity index (χ2v) is 6.52. The zero-order valence-corrected chi connectivity index (χ0v) is 15.3. The van der Waals surface area contributed by atoms with Gasteiger partial charge in [-0.2, -0.15) is 0 Å². The molecular weight excluding hydrogens is 286 g/mol. The van der Waals surface area contributed by atoms with Crippen molar-refractivity contribution in [2.75, 3.05) is 19.6 Å². The Morgan fingerprint density at radius 2 is 2.00 bits per heavy atom. The minimum atomic E-state index is 0.0537.